The van der Waals surface area contributed by atoms with Gasteiger partial charge in [-0.1, -0.05) is 0 Å². The number of hydrogen-bond donors (Lipinski definition) is 3. The van der Waals surface area contributed by atoms with Crippen molar-refractivity contribution in [3.63, 3.8) is 0 Å². The lowest BCUT2D eigenvalue weighted by Crippen LogP contribution is -2.36. The van der Waals surface area contributed by atoms with Gasteiger partial charge in [-0.15, -0.1) is 0 Å². The minimum absolute atomic E-state index is 0.0697. The first kappa shape index (κ1) is 28.3. The molecule has 5 rings (SSSR count). The summed E-state index contributed by atoms with van der Waals surface area (Å²) in [7, 11) is 3.01. The predicted octanol–water partition coefficient (Wildman–Crippen LogP) is 5.26. The van der Waals surface area contributed by atoms with Crippen LogP contribution in [-0.2, 0) is 9.59 Å². The summed E-state index contributed by atoms with van der Waals surface area (Å²) >= 11 is 0. The third-order valence-electron chi connectivity index (χ3n) is 6.42. The summed E-state index contributed by atoms with van der Waals surface area (Å²) in [5.74, 6) is -1.34. The van der Waals surface area contributed by atoms with Gasteiger partial charge in [0.15, 0.2) is 23.1 Å². The fourth-order valence-corrected chi connectivity index (χ4v) is 4.01. The number of rotatable bonds is 11. The molecule has 0 unspecified atom stereocenters. The van der Waals surface area contributed by atoms with Crippen LogP contribution in [0, 0.1) is 17.6 Å². The fourth-order valence-electron chi connectivity index (χ4n) is 4.01. The molecule has 42 heavy (non-hydrogen) atoms. The number of pyridine rings is 1. The second kappa shape index (κ2) is 12.5. The summed E-state index contributed by atoms with van der Waals surface area (Å²) < 4.78 is 44.9. The average Bonchev–Trinajstić information content (AvgIpc) is 3.81. The van der Waals surface area contributed by atoms with E-state index in [0.717, 1.165) is 18.9 Å². The molecule has 0 radical (unpaired) electrons. The van der Waals surface area contributed by atoms with Crippen molar-refractivity contribution in [2.75, 3.05) is 31.4 Å². The van der Waals surface area contributed by atoms with E-state index in [1.165, 1.54) is 56.8 Å². The van der Waals surface area contributed by atoms with E-state index >= 15 is 4.39 Å². The molecule has 3 N–H and O–H groups in total. The zero-order chi connectivity index (χ0) is 29.6. The molecule has 0 spiro atoms. The molecule has 1 aromatic heterocycles. The van der Waals surface area contributed by atoms with E-state index in [9.17, 15) is 14.0 Å². The molecule has 3 aromatic carbocycles. The van der Waals surface area contributed by atoms with Crippen molar-refractivity contribution in [3.05, 3.63) is 78.5 Å². The summed E-state index contributed by atoms with van der Waals surface area (Å²) in [5.41, 5.74) is 3.18. The highest BCUT2D eigenvalue weighted by atomic mass is 19.1. The zero-order valence-corrected chi connectivity index (χ0v) is 22.7. The summed E-state index contributed by atoms with van der Waals surface area (Å²) in [5, 5.41) is 9.57. The maximum atomic E-state index is 15.1. The van der Waals surface area contributed by atoms with Crippen LogP contribution >= 0.6 is 0 Å². The average molecular weight is 576 g/mol. The van der Waals surface area contributed by atoms with Gasteiger partial charge in [0.05, 0.1) is 19.7 Å². The zero-order valence-electron chi connectivity index (χ0n) is 22.7. The lowest BCUT2D eigenvalue weighted by molar-refractivity contribution is -0.114. The van der Waals surface area contributed by atoms with Crippen LogP contribution in [0.3, 0.4) is 0 Å². The highest BCUT2D eigenvalue weighted by Gasteiger charge is 2.24. The maximum absolute atomic E-state index is 15.1. The Morgan fingerprint density at radius 2 is 1.52 bits per heavy atom. The van der Waals surface area contributed by atoms with Gasteiger partial charge in [-0.05, 0) is 67.3 Å². The first-order valence-electron chi connectivity index (χ1n) is 13.0. The molecular weight excluding hydrogens is 548 g/mol. The Morgan fingerprint density at radius 1 is 0.857 bits per heavy atom. The molecule has 2 amide bonds. The van der Waals surface area contributed by atoms with E-state index in [1.807, 2.05) is 0 Å². The predicted molar refractivity (Wildman–Crippen MR) is 153 cm³/mol. The molecule has 1 fully saturated rings. The van der Waals surface area contributed by atoms with Crippen molar-refractivity contribution in [3.8, 4) is 23.0 Å². The summed E-state index contributed by atoms with van der Waals surface area (Å²) in [6.07, 6.45) is 3.60. The Kier molecular flexibility index (Phi) is 8.42. The van der Waals surface area contributed by atoms with E-state index in [0.29, 0.717) is 40.6 Å². The molecule has 1 aliphatic rings. The SMILES string of the molecule is COc1cc2nccc(Oc3ccc(NC(=O)/C(=N/NCC4CC4)C(=O)Nc4ccc(F)cc4)cc3F)c2cc1OC. The van der Waals surface area contributed by atoms with Crippen molar-refractivity contribution in [2.45, 2.75) is 12.8 Å². The molecule has 1 saturated carbocycles. The van der Waals surface area contributed by atoms with E-state index in [-0.39, 0.29) is 17.1 Å². The van der Waals surface area contributed by atoms with Gasteiger partial charge in [-0.3, -0.25) is 14.6 Å². The van der Waals surface area contributed by atoms with Crippen LogP contribution in [0.15, 0.2) is 72.0 Å². The Morgan fingerprint density at radius 3 is 2.19 bits per heavy atom. The van der Waals surface area contributed by atoms with E-state index in [2.05, 4.69) is 26.1 Å². The molecule has 4 aromatic rings. The Labute approximate surface area is 239 Å². The number of hydrazone groups is 1. The van der Waals surface area contributed by atoms with Crippen LogP contribution in [0.4, 0.5) is 20.2 Å². The quantitative estimate of drug-likeness (QED) is 0.127. The first-order chi connectivity index (χ1) is 20.3. The number of anilines is 2. The van der Waals surface area contributed by atoms with Gasteiger partial charge in [0.1, 0.15) is 11.6 Å². The van der Waals surface area contributed by atoms with Crippen LogP contribution in [-0.4, -0.2) is 43.3 Å². The molecule has 1 heterocycles. The molecule has 216 valence electrons. The van der Waals surface area contributed by atoms with E-state index < -0.39 is 29.2 Å². The fraction of sp³-hybridized carbons (Fsp3) is 0.200. The summed E-state index contributed by atoms with van der Waals surface area (Å²) in [4.78, 5) is 30.2. The topological polar surface area (TPSA) is 123 Å². The van der Waals surface area contributed by atoms with Gasteiger partial charge in [0, 0.05) is 41.6 Å². The van der Waals surface area contributed by atoms with Crippen molar-refractivity contribution in [1.29, 1.82) is 0 Å². The summed E-state index contributed by atoms with van der Waals surface area (Å²) in [6, 6.07) is 13.8. The number of amides is 2. The number of aromatic nitrogens is 1. The van der Waals surface area contributed by atoms with Gasteiger partial charge in [0.2, 0.25) is 5.71 Å². The molecular formula is C30H27F2N5O5. The van der Waals surface area contributed by atoms with Crippen molar-refractivity contribution < 1.29 is 32.6 Å². The van der Waals surface area contributed by atoms with Crippen molar-refractivity contribution >= 4 is 39.8 Å². The van der Waals surface area contributed by atoms with Crippen LogP contribution in [0.5, 0.6) is 23.0 Å². The largest absolute Gasteiger partial charge is 0.493 e. The van der Waals surface area contributed by atoms with Crippen molar-refractivity contribution in [2.24, 2.45) is 11.0 Å². The summed E-state index contributed by atoms with van der Waals surface area (Å²) in [6.45, 7) is 0.504. The molecule has 10 nitrogen and oxygen atoms in total. The van der Waals surface area contributed by atoms with Gasteiger partial charge in [-0.2, -0.15) is 5.10 Å². The lowest BCUT2D eigenvalue weighted by atomic mass is 10.1. The molecule has 0 aliphatic heterocycles. The monoisotopic (exact) mass is 575 g/mol. The van der Waals surface area contributed by atoms with Gasteiger partial charge in [-0.25, -0.2) is 8.78 Å². The van der Waals surface area contributed by atoms with Crippen LogP contribution in [0.2, 0.25) is 0 Å². The van der Waals surface area contributed by atoms with Gasteiger partial charge in [0.25, 0.3) is 11.8 Å². The van der Waals surface area contributed by atoms with E-state index in [4.69, 9.17) is 14.2 Å². The number of halogens is 2. The second-order valence-electron chi connectivity index (χ2n) is 9.46. The smallest absolute Gasteiger partial charge is 0.281 e. The number of carbonyl (C=O) groups excluding carboxylic acids is 2. The van der Waals surface area contributed by atoms with Crippen molar-refractivity contribution in [1.82, 2.24) is 10.4 Å². The number of fused-ring (bicyclic) bond motifs is 1. The first-order valence-corrected chi connectivity index (χ1v) is 13.0. The van der Waals surface area contributed by atoms with Crippen LogP contribution < -0.4 is 30.3 Å². The minimum atomic E-state index is -0.868. The van der Waals surface area contributed by atoms with Gasteiger partial charge >= 0.3 is 0 Å². The minimum Gasteiger partial charge on any atom is -0.493 e. The molecule has 1 aliphatic carbocycles. The second-order valence-corrected chi connectivity index (χ2v) is 9.46. The Hall–Kier alpha value is -5.26. The number of methoxy groups -OCH3 is 2. The maximum Gasteiger partial charge on any atom is 0.281 e. The van der Waals surface area contributed by atoms with Crippen LogP contribution in [0.1, 0.15) is 12.8 Å². The number of ether oxygens (including phenoxy) is 3. The lowest BCUT2D eigenvalue weighted by Gasteiger charge is -2.13. The number of hydrogen-bond acceptors (Lipinski definition) is 8. The van der Waals surface area contributed by atoms with E-state index in [1.54, 1.807) is 18.2 Å². The molecule has 0 bridgehead atoms. The number of nitrogens with zero attached hydrogens (tertiary/aromatic N) is 2. The number of nitrogens with one attached hydrogen (secondary N) is 3. The third-order valence-corrected chi connectivity index (χ3v) is 6.42. The molecule has 12 heteroatoms. The Bertz CT molecular complexity index is 1660. The number of carbonyl (C=O) groups is 2. The molecule has 0 atom stereocenters. The standard InChI is InChI=1S/C30H27F2N5O5/c1-40-26-14-21-23(15-27(26)41-2)33-12-11-24(21)42-25-10-9-20(13-22(25)32)36-30(39)28(37-34-16-17-3-4-17)29(38)35-19-7-5-18(31)6-8-19/h5-15,17,34H,3-4,16H2,1-2H3,(H,35,38)(H,36,39)/b37-28+. The van der Waals surface area contributed by atoms with Crippen LogP contribution in [0.25, 0.3) is 10.9 Å². The third kappa shape index (κ3) is 6.72. The Balaban J connectivity index is 1.33. The number of benzene rings is 3. The highest BCUT2D eigenvalue weighted by molar-refractivity contribution is 6.69. The highest BCUT2D eigenvalue weighted by Crippen LogP contribution is 2.37. The molecule has 0 saturated heterocycles. The normalized spacial score (nSPS) is 12.9. The van der Waals surface area contributed by atoms with Gasteiger partial charge < -0.3 is 30.3 Å².